The molecule has 1 fully saturated rings. The fourth-order valence-electron chi connectivity index (χ4n) is 4.72. The quantitative estimate of drug-likeness (QED) is 0.308. The fraction of sp³-hybridized carbons (Fsp3) is 0.222. The van der Waals surface area contributed by atoms with Gasteiger partial charge in [0.15, 0.2) is 0 Å². The molecule has 1 atom stereocenters. The van der Waals surface area contributed by atoms with Crippen molar-refractivity contribution in [3.05, 3.63) is 103 Å². The fourth-order valence-corrected chi connectivity index (χ4v) is 5.75. The molecule has 4 aromatic rings. The summed E-state index contributed by atoms with van der Waals surface area (Å²) >= 11 is 7.63. The Hall–Kier alpha value is -3.26. The first kappa shape index (κ1) is 22.2. The Labute approximate surface area is 212 Å². The van der Waals surface area contributed by atoms with Crippen molar-refractivity contribution >= 4 is 34.3 Å². The summed E-state index contributed by atoms with van der Waals surface area (Å²) in [7, 11) is 0. The zero-order valence-corrected chi connectivity index (χ0v) is 20.5. The first-order valence-electron chi connectivity index (χ1n) is 11.6. The molecule has 178 valence electrons. The summed E-state index contributed by atoms with van der Waals surface area (Å²) < 4.78 is 13.4. The Morgan fingerprint density at radius 2 is 2.06 bits per heavy atom. The third kappa shape index (κ3) is 4.55. The molecule has 2 aliphatic heterocycles. The number of nitrogens with zero attached hydrogens (tertiary/aromatic N) is 1. The lowest BCUT2D eigenvalue weighted by molar-refractivity contribution is 0.0383. The molecule has 2 aromatic carbocycles. The first-order valence-corrected chi connectivity index (χ1v) is 12.8. The van der Waals surface area contributed by atoms with E-state index in [-0.39, 0.29) is 11.7 Å². The van der Waals surface area contributed by atoms with Crippen LogP contribution >= 0.6 is 22.9 Å². The number of aromatic amines is 1. The van der Waals surface area contributed by atoms with E-state index in [0.29, 0.717) is 25.4 Å². The van der Waals surface area contributed by atoms with E-state index in [1.807, 2.05) is 36.4 Å². The highest BCUT2D eigenvalue weighted by molar-refractivity contribution is 7.16. The second-order valence-corrected chi connectivity index (χ2v) is 10.5. The molecular formula is C27H24ClN3O3S. The number of halogens is 1. The van der Waals surface area contributed by atoms with Gasteiger partial charge in [0.25, 0.3) is 5.56 Å². The molecular weight excluding hydrogens is 482 g/mol. The number of ether oxygens (including phenoxy) is 2. The summed E-state index contributed by atoms with van der Waals surface area (Å²) in [6.45, 7) is 2.55. The largest absolute Gasteiger partial charge is 0.456 e. The average Bonchev–Trinajstić information content (AvgIpc) is 3.31. The van der Waals surface area contributed by atoms with E-state index in [9.17, 15) is 4.79 Å². The Balaban J connectivity index is 1.22. The third-order valence-corrected chi connectivity index (χ3v) is 7.66. The lowest BCUT2D eigenvalue weighted by Gasteiger charge is -2.35. The van der Waals surface area contributed by atoms with Gasteiger partial charge in [-0.15, -0.1) is 11.3 Å². The van der Waals surface area contributed by atoms with Crippen LogP contribution in [-0.2, 0) is 17.7 Å². The summed E-state index contributed by atoms with van der Waals surface area (Å²) in [6, 6.07) is 20.1. The van der Waals surface area contributed by atoms with Crippen LogP contribution in [0.4, 0.5) is 11.4 Å². The number of aromatic nitrogens is 1. The van der Waals surface area contributed by atoms with E-state index in [2.05, 4.69) is 39.5 Å². The van der Waals surface area contributed by atoms with Crippen molar-refractivity contribution in [3.63, 3.8) is 0 Å². The predicted molar refractivity (Wildman–Crippen MR) is 140 cm³/mol. The molecule has 1 saturated heterocycles. The molecule has 35 heavy (non-hydrogen) atoms. The van der Waals surface area contributed by atoms with Gasteiger partial charge in [-0.2, -0.15) is 0 Å². The topological polar surface area (TPSA) is 66.6 Å². The zero-order valence-electron chi connectivity index (χ0n) is 18.9. The summed E-state index contributed by atoms with van der Waals surface area (Å²) in [5.74, 6) is 1.73. The molecule has 0 aliphatic carbocycles. The van der Waals surface area contributed by atoms with Crippen LogP contribution in [0.15, 0.2) is 71.7 Å². The van der Waals surface area contributed by atoms with E-state index >= 15 is 0 Å². The maximum absolute atomic E-state index is 12.3. The van der Waals surface area contributed by atoms with Crippen molar-refractivity contribution in [2.45, 2.75) is 19.1 Å². The maximum atomic E-state index is 12.3. The van der Waals surface area contributed by atoms with Gasteiger partial charge in [0.1, 0.15) is 23.3 Å². The highest BCUT2D eigenvalue weighted by atomic mass is 35.5. The molecule has 8 heteroatoms. The van der Waals surface area contributed by atoms with Crippen molar-refractivity contribution in [2.75, 3.05) is 29.9 Å². The number of fused-ring (bicyclic) bond motifs is 2. The molecule has 0 saturated carbocycles. The van der Waals surface area contributed by atoms with Crippen molar-refractivity contribution in [2.24, 2.45) is 0 Å². The Morgan fingerprint density at radius 3 is 2.91 bits per heavy atom. The highest BCUT2D eigenvalue weighted by Crippen LogP contribution is 2.43. The van der Waals surface area contributed by atoms with E-state index in [1.165, 1.54) is 4.88 Å². The molecule has 0 bridgehead atoms. The van der Waals surface area contributed by atoms with Gasteiger partial charge in [-0.05, 0) is 48.0 Å². The smallest absolute Gasteiger partial charge is 0.271 e. The number of para-hydroxylation sites is 1. The predicted octanol–water partition coefficient (Wildman–Crippen LogP) is 5.98. The Bertz CT molecular complexity index is 1430. The summed E-state index contributed by atoms with van der Waals surface area (Å²) in [4.78, 5) is 18.4. The molecule has 0 amide bonds. The van der Waals surface area contributed by atoms with E-state index in [1.54, 1.807) is 17.5 Å². The highest BCUT2D eigenvalue weighted by Gasteiger charge is 2.29. The van der Waals surface area contributed by atoms with Gasteiger partial charge in [0, 0.05) is 53.9 Å². The van der Waals surface area contributed by atoms with Crippen LogP contribution in [0.3, 0.4) is 0 Å². The van der Waals surface area contributed by atoms with Crippen molar-refractivity contribution in [3.8, 4) is 11.5 Å². The van der Waals surface area contributed by atoms with Crippen LogP contribution in [0.2, 0.25) is 4.34 Å². The molecule has 0 spiro atoms. The number of H-pyrrole nitrogens is 1. The summed E-state index contributed by atoms with van der Waals surface area (Å²) in [5.41, 5.74) is 4.93. The van der Waals surface area contributed by atoms with Crippen molar-refractivity contribution in [1.29, 1.82) is 0 Å². The van der Waals surface area contributed by atoms with Gasteiger partial charge in [-0.3, -0.25) is 4.79 Å². The van der Waals surface area contributed by atoms with Gasteiger partial charge in [-0.1, -0.05) is 29.8 Å². The second kappa shape index (κ2) is 9.41. The number of hydrogen-bond donors (Lipinski definition) is 2. The minimum atomic E-state index is -0.182. The standard InChI is InChI=1S/C27H24ClN3O3S/c28-25-9-7-20(35-25)15-30-19-6-8-23-18(14-19)13-17-3-1-4-21(26(17)34-23)24-16-31(11-12-33-24)22-5-2-10-29-27(22)32/h1-10,14,24,30H,11-13,15-16H2,(H,29,32). The van der Waals surface area contributed by atoms with E-state index in [0.717, 1.165) is 51.2 Å². The molecule has 2 aliphatic rings. The number of anilines is 2. The van der Waals surface area contributed by atoms with Crippen LogP contribution in [-0.4, -0.2) is 24.7 Å². The lowest BCUT2D eigenvalue weighted by atomic mass is 9.95. The van der Waals surface area contributed by atoms with Gasteiger partial charge < -0.3 is 24.7 Å². The van der Waals surface area contributed by atoms with Gasteiger partial charge >= 0.3 is 0 Å². The average molecular weight is 506 g/mol. The normalized spacial score (nSPS) is 16.8. The number of pyridine rings is 1. The molecule has 6 rings (SSSR count). The van der Waals surface area contributed by atoms with Gasteiger partial charge in [0.05, 0.1) is 10.9 Å². The van der Waals surface area contributed by atoms with Crippen LogP contribution in [0.5, 0.6) is 11.5 Å². The van der Waals surface area contributed by atoms with Crippen LogP contribution < -0.4 is 20.5 Å². The number of nitrogens with one attached hydrogen (secondary N) is 2. The van der Waals surface area contributed by atoms with Crippen molar-refractivity contribution in [1.82, 2.24) is 4.98 Å². The molecule has 2 N–H and O–H groups in total. The number of morpholine rings is 1. The number of hydrogen-bond acceptors (Lipinski definition) is 6. The number of benzene rings is 2. The minimum absolute atomic E-state index is 0.0833. The van der Waals surface area contributed by atoms with Crippen LogP contribution in [0, 0.1) is 0 Å². The summed E-state index contributed by atoms with van der Waals surface area (Å²) in [6.07, 6.45) is 2.26. The molecule has 2 aromatic heterocycles. The van der Waals surface area contributed by atoms with Crippen molar-refractivity contribution < 1.29 is 9.47 Å². The lowest BCUT2D eigenvalue weighted by Crippen LogP contribution is -2.41. The maximum Gasteiger partial charge on any atom is 0.271 e. The monoisotopic (exact) mass is 505 g/mol. The molecule has 0 radical (unpaired) electrons. The third-order valence-electron chi connectivity index (χ3n) is 6.43. The second-order valence-electron chi connectivity index (χ2n) is 8.69. The molecule has 1 unspecified atom stereocenters. The van der Waals surface area contributed by atoms with Crippen LogP contribution in [0.25, 0.3) is 0 Å². The number of thiophene rings is 1. The van der Waals surface area contributed by atoms with E-state index < -0.39 is 0 Å². The first-order chi connectivity index (χ1) is 17.1. The number of rotatable bonds is 5. The SMILES string of the molecule is O=c1[nH]cccc1N1CCOC(c2cccc3c2Oc2ccc(NCc4ccc(Cl)s4)cc2C3)C1. The zero-order chi connectivity index (χ0) is 23.8. The van der Waals surface area contributed by atoms with E-state index in [4.69, 9.17) is 21.1 Å². The molecule has 4 heterocycles. The van der Waals surface area contributed by atoms with Gasteiger partial charge in [-0.25, -0.2) is 0 Å². The Kier molecular flexibility index (Phi) is 5.98. The van der Waals surface area contributed by atoms with Crippen LogP contribution in [0.1, 0.15) is 27.7 Å². The molecule has 6 nitrogen and oxygen atoms in total. The summed E-state index contributed by atoms with van der Waals surface area (Å²) in [5, 5.41) is 3.48. The van der Waals surface area contributed by atoms with Gasteiger partial charge in [0.2, 0.25) is 0 Å². The Morgan fingerprint density at radius 1 is 1.11 bits per heavy atom. The minimum Gasteiger partial charge on any atom is -0.456 e.